The molecule has 0 aliphatic carbocycles. The minimum atomic E-state index is -0.639. The molecule has 2 rings (SSSR count). The van der Waals surface area contributed by atoms with Gasteiger partial charge in [0.05, 0.1) is 11.6 Å². The molecule has 1 heterocycles. The minimum Gasteiger partial charge on any atom is -0.390 e. The van der Waals surface area contributed by atoms with Gasteiger partial charge >= 0.3 is 0 Å². The molecule has 0 aromatic heterocycles. The molecule has 0 saturated carbocycles. The molecule has 4 nitrogen and oxygen atoms in total. The van der Waals surface area contributed by atoms with Crippen molar-refractivity contribution in [2.75, 3.05) is 13.1 Å². The Morgan fingerprint density at radius 1 is 1.37 bits per heavy atom. The van der Waals surface area contributed by atoms with Crippen LogP contribution in [-0.4, -0.2) is 40.6 Å². The van der Waals surface area contributed by atoms with E-state index >= 15 is 0 Å². The minimum absolute atomic E-state index is 0.0145. The number of hydrogen-bond acceptors (Lipinski definition) is 3. The Hall–Kier alpha value is -1.39. The maximum absolute atomic E-state index is 12.2. The van der Waals surface area contributed by atoms with Gasteiger partial charge in [-0.3, -0.25) is 4.79 Å². The smallest absolute Gasteiger partial charge is 0.239 e. The topological polar surface area (TPSA) is 66.6 Å². The lowest BCUT2D eigenvalue weighted by atomic mass is 9.93. The second kappa shape index (κ2) is 5.72. The number of nitrogens with two attached hydrogens (primary N) is 1. The van der Waals surface area contributed by atoms with Crippen LogP contribution in [0.1, 0.15) is 25.3 Å². The highest BCUT2D eigenvalue weighted by molar-refractivity contribution is 5.82. The average Bonchev–Trinajstić information content (AvgIpc) is 2.39. The molecular weight excluding hydrogens is 240 g/mol. The summed E-state index contributed by atoms with van der Waals surface area (Å²) in [4.78, 5) is 14.0. The molecule has 3 N–H and O–H groups in total. The van der Waals surface area contributed by atoms with E-state index in [2.05, 4.69) is 0 Å². The molecule has 0 spiro atoms. The highest BCUT2D eigenvalue weighted by Crippen LogP contribution is 2.21. The Bertz CT molecular complexity index is 421. The Morgan fingerprint density at radius 3 is 2.53 bits per heavy atom. The average molecular weight is 262 g/mol. The van der Waals surface area contributed by atoms with Crippen molar-refractivity contribution in [3.8, 4) is 0 Å². The fourth-order valence-corrected chi connectivity index (χ4v) is 2.40. The summed E-state index contributed by atoms with van der Waals surface area (Å²) in [5.41, 5.74) is 6.43. The first-order chi connectivity index (χ1) is 8.98. The van der Waals surface area contributed by atoms with E-state index in [-0.39, 0.29) is 5.91 Å². The van der Waals surface area contributed by atoms with Crippen LogP contribution in [0.25, 0.3) is 0 Å². The van der Waals surface area contributed by atoms with E-state index in [1.54, 1.807) is 4.90 Å². The Morgan fingerprint density at radius 2 is 1.95 bits per heavy atom. The van der Waals surface area contributed by atoms with Crippen molar-refractivity contribution in [2.24, 2.45) is 5.73 Å². The number of carbonyl (C=O) groups excluding carboxylic acids is 1. The van der Waals surface area contributed by atoms with Gasteiger partial charge in [-0.1, -0.05) is 30.3 Å². The Balaban J connectivity index is 1.89. The maximum Gasteiger partial charge on any atom is 0.239 e. The zero-order valence-corrected chi connectivity index (χ0v) is 11.4. The molecule has 1 aliphatic rings. The zero-order valence-electron chi connectivity index (χ0n) is 11.4. The van der Waals surface area contributed by atoms with Gasteiger partial charge in [0.2, 0.25) is 5.91 Å². The number of rotatable bonds is 3. The van der Waals surface area contributed by atoms with Crippen LogP contribution < -0.4 is 5.73 Å². The molecule has 1 atom stereocenters. The molecule has 1 aliphatic heterocycles. The monoisotopic (exact) mass is 262 g/mol. The summed E-state index contributed by atoms with van der Waals surface area (Å²) in [6, 6.07) is 9.31. The van der Waals surface area contributed by atoms with Gasteiger partial charge in [-0.25, -0.2) is 0 Å². The summed E-state index contributed by atoms with van der Waals surface area (Å²) < 4.78 is 0. The maximum atomic E-state index is 12.2. The number of nitrogens with zero attached hydrogens (tertiary/aromatic N) is 1. The quantitative estimate of drug-likeness (QED) is 0.851. The van der Waals surface area contributed by atoms with Gasteiger partial charge in [-0.2, -0.15) is 0 Å². The van der Waals surface area contributed by atoms with Gasteiger partial charge in [0.25, 0.3) is 0 Å². The van der Waals surface area contributed by atoms with Crippen molar-refractivity contribution in [3.63, 3.8) is 0 Å². The van der Waals surface area contributed by atoms with Crippen molar-refractivity contribution < 1.29 is 9.90 Å². The third-order valence-corrected chi connectivity index (χ3v) is 3.77. The fraction of sp³-hybridized carbons (Fsp3) is 0.533. The highest BCUT2D eigenvalue weighted by atomic mass is 16.3. The summed E-state index contributed by atoms with van der Waals surface area (Å²) in [7, 11) is 0. The highest BCUT2D eigenvalue weighted by Gasteiger charge is 2.31. The van der Waals surface area contributed by atoms with Gasteiger partial charge in [0.1, 0.15) is 0 Å². The molecule has 104 valence electrons. The molecule has 1 amide bonds. The van der Waals surface area contributed by atoms with Crippen LogP contribution in [0.5, 0.6) is 0 Å². The molecule has 0 bridgehead atoms. The van der Waals surface area contributed by atoms with Gasteiger partial charge in [0, 0.05) is 13.1 Å². The molecule has 1 aromatic carbocycles. The van der Waals surface area contributed by atoms with E-state index in [9.17, 15) is 9.90 Å². The van der Waals surface area contributed by atoms with Gasteiger partial charge in [-0.05, 0) is 31.7 Å². The second-order valence-electron chi connectivity index (χ2n) is 5.62. The molecule has 4 heteroatoms. The second-order valence-corrected chi connectivity index (χ2v) is 5.62. The van der Waals surface area contributed by atoms with Crippen LogP contribution in [0.15, 0.2) is 30.3 Å². The predicted octanol–water partition coefficient (Wildman–Crippen LogP) is 0.930. The van der Waals surface area contributed by atoms with Crippen LogP contribution in [0.4, 0.5) is 0 Å². The van der Waals surface area contributed by atoms with Crippen LogP contribution in [0.2, 0.25) is 0 Å². The third-order valence-electron chi connectivity index (χ3n) is 3.77. The van der Waals surface area contributed by atoms with Crippen LogP contribution >= 0.6 is 0 Å². The number of benzene rings is 1. The number of amides is 1. The van der Waals surface area contributed by atoms with Crippen LogP contribution in [0, 0.1) is 0 Å². The largest absolute Gasteiger partial charge is 0.390 e. The normalized spacial score (nSPS) is 20.1. The van der Waals surface area contributed by atoms with Crippen LogP contribution in [-0.2, 0) is 11.2 Å². The molecule has 1 unspecified atom stereocenters. The van der Waals surface area contributed by atoms with E-state index < -0.39 is 11.6 Å². The van der Waals surface area contributed by atoms with E-state index in [0.29, 0.717) is 32.4 Å². The summed E-state index contributed by atoms with van der Waals surface area (Å²) in [5.74, 6) is -0.0145. The van der Waals surface area contributed by atoms with Crippen molar-refractivity contribution >= 4 is 5.91 Å². The number of piperidine rings is 1. The molecule has 19 heavy (non-hydrogen) atoms. The summed E-state index contributed by atoms with van der Waals surface area (Å²) in [6.07, 6.45) is 1.81. The van der Waals surface area contributed by atoms with Crippen molar-refractivity contribution in [3.05, 3.63) is 35.9 Å². The summed E-state index contributed by atoms with van der Waals surface area (Å²) >= 11 is 0. The van der Waals surface area contributed by atoms with Gasteiger partial charge in [0.15, 0.2) is 0 Å². The van der Waals surface area contributed by atoms with Crippen molar-refractivity contribution in [1.82, 2.24) is 4.90 Å². The zero-order chi connectivity index (χ0) is 13.9. The molecule has 1 aromatic rings. The number of aliphatic hydroxyl groups is 1. The Labute approximate surface area is 114 Å². The third kappa shape index (κ3) is 3.78. The van der Waals surface area contributed by atoms with Crippen molar-refractivity contribution in [2.45, 2.75) is 37.8 Å². The lowest BCUT2D eigenvalue weighted by molar-refractivity contribution is -0.136. The number of hydrogen-bond donors (Lipinski definition) is 2. The fourth-order valence-electron chi connectivity index (χ4n) is 2.40. The van der Waals surface area contributed by atoms with E-state index in [0.717, 1.165) is 5.56 Å². The number of carbonyl (C=O) groups is 1. The van der Waals surface area contributed by atoms with Gasteiger partial charge < -0.3 is 15.7 Å². The molecule has 0 radical (unpaired) electrons. The van der Waals surface area contributed by atoms with Gasteiger partial charge in [-0.15, -0.1) is 0 Å². The van der Waals surface area contributed by atoms with E-state index in [1.807, 2.05) is 37.3 Å². The first-order valence-corrected chi connectivity index (χ1v) is 6.79. The molecule has 1 fully saturated rings. The van der Waals surface area contributed by atoms with Crippen molar-refractivity contribution in [1.29, 1.82) is 0 Å². The lowest BCUT2D eigenvalue weighted by Gasteiger charge is -2.36. The SMILES string of the molecule is CC1(O)CCN(C(=O)C(N)Cc2ccccc2)CC1. The standard InChI is InChI=1S/C15H22N2O2/c1-15(19)7-9-17(10-8-15)14(18)13(16)11-12-5-3-2-4-6-12/h2-6,13,19H,7-11,16H2,1H3. The number of likely N-dealkylation sites (tertiary alicyclic amines) is 1. The summed E-state index contributed by atoms with van der Waals surface area (Å²) in [6.45, 7) is 3.00. The molecular formula is C15H22N2O2. The Kier molecular flexibility index (Phi) is 4.22. The molecule has 1 saturated heterocycles. The van der Waals surface area contributed by atoms with Crippen LogP contribution in [0.3, 0.4) is 0 Å². The van der Waals surface area contributed by atoms with E-state index in [4.69, 9.17) is 5.73 Å². The predicted molar refractivity (Wildman–Crippen MR) is 74.6 cm³/mol. The lowest BCUT2D eigenvalue weighted by Crippen LogP contribution is -2.51. The first kappa shape index (κ1) is 14.0. The first-order valence-electron chi connectivity index (χ1n) is 6.79. The van der Waals surface area contributed by atoms with E-state index in [1.165, 1.54) is 0 Å². The summed E-state index contributed by atoms with van der Waals surface area (Å²) in [5, 5.41) is 9.88.